The molecule has 0 spiro atoms. The van der Waals surface area contributed by atoms with Crippen LogP contribution in [0.2, 0.25) is 0 Å². The molecular weight excluding hydrogens is 516 g/mol. The summed E-state index contributed by atoms with van der Waals surface area (Å²) in [5, 5.41) is -0.331. The first kappa shape index (κ1) is 16.6. The van der Waals surface area contributed by atoms with Gasteiger partial charge in [-0.2, -0.15) is 0 Å². The number of amides is 2. The molecular formula is C14H9I2NO3S. The summed E-state index contributed by atoms with van der Waals surface area (Å²) in [4.78, 5) is 25.3. The van der Waals surface area contributed by atoms with Crippen LogP contribution in [0.1, 0.15) is 5.56 Å². The Morgan fingerprint density at radius 2 is 2.00 bits per heavy atom. The number of thioether (sulfide) groups is 1. The minimum absolute atomic E-state index is 0.000309. The molecule has 1 aliphatic rings. The lowest BCUT2D eigenvalue weighted by Crippen LogP contribution is -2.28. The fraction of sp³-hybridized carbons (Fsp3) is 0.143. The number of hydrogen-bond donors (Lipinski definition) is 0. The van der Waals surface area contributed by atoms with Crippen molar-refractivity contribution >= 4 is 74.2 Å². The van der Waals surface area contributed by atoms with E-state index in [1.807, 2.05) is 12.1 Å². The molecule has 0 atom stereocenters. The number of halogens is 2. The Bertz CT molecular complexity index is 671. The molecule has 2 rings (SSSR count). The molecule has 7 heteroatoms. The lowest BCUT2D eigenvalue weighted by atomic mass is 10.2. The minimum atomic E-state index is -0.344. The van der Waals surface area contributed by atoms with Gasteiger partial charge in [-0.1, -0.05) is 5.92 Å². The molecule has 0 saturated carbocycles. The third-order valence-electron chi connectivity index (χ3n) is 2.65. The first-order valence-corrected chi connectivity index (χ1v) is 8.67. The lowest BCUT2D eigenvalue weighted by molar-refractivity contribution is -0.122. The third-order valence-corrected chi connectivity index (χ3v) is 5.16. The molecule has 2 amide bonds. The first-order valence-electron chi connectivity index (χ1n) is 5.69. The zero-order valence-electron chi connectivity index (χ0n) is 10.9. The van der Waals surface area contributed by atoms with E-state index in [4.69, 9.17) is 11.2 Å². The van der Waals surface area contributed by atoms with E-state index in [1.165, 1.54) is 0 Å². The van der Waals surface area contributed by atoms with Crippen LogP contribution < -0.4 is 4.74 Å². The fourth-order valence-electron chi connectivity index (χ4n) is 1.74. The van der Waals surface area contributed by atoms with Gasteiger partial charge in [0.1, 0.15) is 5.75 Å². The van der Waals surface area contributed by atoms with Gasteiger partial charge in [-0.15, -0.1) is 6.42 Å². The number of carbonyl (C=O) groups excluding carboxylic acids is 2. The molecule has 1 aliphatic heterocycles. The van der Waals surface area contributed by atoms with Crippen molar-refractivity contribution in [2.45, 2.75) is 0 Å². The van der Waals surface area contributed by atoms with E-state index in [0.717, 1.165) is 35.1 Å². The van der Waals surface area contributed by atoms with E-state index in [0.29, 0.717) is 4.91 Å². The molecule has 1 aromatic carbocycles. The molecule has 1 aromatic rings. The van der Waals surface area contributed by atoms with Crippen molar-refractivity contribution in [2.75, 3.05) is 13.7 Å². The lowest BCUT2D eigenvalue weighted by Gasteiger charge is -2.08. The molecule has 1 heterocycles. The van der Waals surface area contributed by atoms with Crippen LogP contribution in [0.4, 0.5) is 4.79 Å². The molecule has 1 fully saturated rings. The topological polar surface area (TPSA) is 46.6 Å². The van der Waals surface area contributed by atoms with E-state index in [1.54, 1.807) is 13.2 Å². The highest BCUT2D eigenvalue weighted by Gasteiger charge is 2.34. The summed E-state index contributed by atoms with van der Waals surface area (Å²) in [7, 11) is 1.62. The second-order valence-corrected chi connectivity index (χ2v) is 7.31. The van der Waals surface area contributed by atoms with Gasteiger partial charge in [0.25, 0.3) is 11.1 Å². The number of carbonyl (C=O) groups is 2. The quantitative estimate of drug-likeness (QED) is 0.344. The maximum Gasteiger partial charge on any atom is 0.294 e. The Balaban J connectivity index is 2.35. The zero-order valence-corrected chi connectivity index (χ0v) is 16.0. The Morgan fingerprint density at radius 3 is 2.52 bits per heavy atom. The smallest absolute Gasteiger partial charge is 0.294 e. The van der Waals surface area contributed by atoms with Crippen LogP contribution in [0.25, 0.3) is 6.08 Å². The van der Waals surface area contributed by atoms with Gasteiger partial charge in [-0.05, 0) is 80.7 Å². The molecule has 21 heavy (non-hydrogen) atoms. The van der Waals surface area contributed by atoms with E-state index in [9.17, 15) is 9.59 Å². The van der Waals surface area contributed by atoms with Crippen molar-refractivity contribution in [3.05, 3.63) is 29.7 Å². The van der Waals surface area contributed by atoms with Gasteiger partial charge in [-0.25, -0.2) is 0 Å². The summed E-state index contributed by atoms with van der Waals surface area (Å²) in [5.74, 6) is 2.77. The summed E-state index contributed by atoms with van der Waals surface area (Å²) < 4.78 is 7.18. The van der Waals surface area contributed by atoms with Crippen LogP contribution in [-0.4, -0.2) is 29.7 Å². The molecule has 4 nitrogen and oxygen atoms in total. The van der Waals surface area contributed by atoms with Crippen LogP contribution in [0.15, 0.2) is 17.0 Å². The predicted molar refractivity (Wildman–Crippen MR) is 99.9 cm³/mol. The number of ether oxygens (including phenoxy) is 1. The van der Waals surface area contributed by atoms with Crippen LogP contribution in [0, 0.1) is 19.5 Å². The molecule has 0 radical (unpaired) electrons. The highest BCUT2D eigenvalue weighted by Crippen LogP contribution is 2.34. The molecule has 0 N–H and O–H groups in total. The van der Waals surface area contributed by atoms with Gasteiger partial charge in [0.2, 0.25) is 0 Å². The monoisotopic (exact) mass is 525 g/mol. The van der Waals surface area contributed by atoms with Gasteiger partial charge in [0.15, 0.2) is 0 Å². The van der Waals surface area contributed by atoms with Gasteiger partial charge in [0.05, 0.1) is 25.7 Å². The third kappa shape index (κ3) is 3.54. The Labute approximate surface area is 153 Å². The summed E-state index contributed by atoms with van der Waals surface area (Å²) in [6.45, 7) is -0.000309. The van der Waals surface area contributed by atoms with Gasteiger partial charge in [-0.3, -0.25) is 14.5 Å². The molecule has 108 valence electrons. The number of rotatable bonds is 3. The number of terminal acetylenes is 1. The predicted octanol–water partition coefficient (Wildman–Crippen LogP) is 3.57. The fourth-order valence-corrected chi connectivity index (χ4v) is 4.83. The van der Waals surface area contributed by atoms with Crippen molar-refractivity contribution in [3.63, 3.8) is 0 Å². The van der Waals surface area contributed by atoms with Crippen molar-refractivity contribution in [2.24, 2.45) is 0 Å². The van der Waals surface area contributed by atoms with Crippen molar-refractivity contribution in [1.82, 2.24) is 4.90 Å². The second kappa shape index (κ2) is 7.02. The van der Waals surface area contributed by atoms with Crippen LogP contribution in [0.3, 0.4) is 0 Å². The number of methoxy groups -OCH3 is 1. The maximum atomic E-state index is 12.1. The summed E-state index contributed by atoms with van der Waals surface area (Å²) in [5.41, 5.74) is 0.843. The Morgan fingerprint density at radius 1 is 1.38 bits per heavy atom. The largest absolute Gasteiger partial charge is 0.495 e. The summed E-state index contributed by atoms with van der Waals surface area (Å²) in [6, 6.07) is 3.80. The highest BCUT2D eigenvalue weighted by molar-refractivity contribution is 14.1. The SMILES string of the molecule is C#CCN1C(=O)S/C(=C/c2cc(I)c(OC)c(I)c2)C1=O. The van der Waals surface area contributed by atoms with Crippen LogP contribution >= 0.6 is 56.9 Å². The summed E-state index contributed by atoms with van der Waals surface area (Å²) in [6.07, 6.45) is 6.86. The van der Waals surface area contributed by atoms with Crippen LogP contribution in [0.5, 0.6) is 5.75 Å². The van der Waals surface area contributed by atoms with E-state index < -0.39 is 0 Å². The van der Waals surface area contributed by atoms with Crippen molar-refractivity contribution in [3.8, 4) is 18.1 Å². The first-order chi connectivity index (χ1) is 9.97. The number of imide groups is 1. The Kier molecular flexibility index (Phi) is 5.56. The molecule has 1 saturated heterocycles. The van der Waals surface area contributed by atoms with Crippen molar-refractivity contribution in [1.29, 1.82) is 0 Å². The number of nitrogens with zero attached hydrogens (tertiary/aromatic N) is 1. The van der Waals surface area contributed by atoms with E-state index >= 15 is 0 Å². The van der Waals surface area contributed by atoms with Gasteiger partial charge < -0.3 is 4.74 Å². The second-order valence-electron chi connectivity index (χ2n) is 3.99. The van der Waals surface area contributed by atoms with Gasteiger partial charge in [0, 0.05) is 0 Å². The normalized spacial score (nSPS) is 16.5. The number of benzene rings is 1. The zero-order chi connectivity index (χ0) is 15.6. The van der Waals surface area contributed by atoms with Crippen molar-refractivity contribution < 1.29 is 14.3 Å². The minimum Gasteiger partial charge on any atom is -0.495 e. The highest BCUT2D eigenvalue weighted by atomic mass is 127. The van der Waals surface area contributed by atoms with E-state index in [2.05, 4.69) is 51.1 Å². The standard InChI is InChI=1S/C14H9I2NO3S/c1-3-4-17-13(18)11(21-14(17)19)7-8-5-9(15)12(20-2)10(16)6-8/h1,5-7H,4H2,2H3/b11-7+. The maximum absolute atomic E-state index is 12.1. The van der Waals surface area contributed by atoms with Gasteiger partial charge >= 0.3 is 0 Å². The molecule has 0 aromatic heterocycles. The van der Waals surface area contributed by atoms with E-state index in [-0.39, 0.29) is 17.7 Å². The summed E-state index contributed by atoms with van der Waals surface area (Å²) >= 11 is 5.25. The van der Waals surface area contributed by atoms with Crippen LogP contribution in [-0.2, 0) is 4.79 Å². The average molecular weight is 525 g/mol. The number of hydrogen-bond acceptors (Lipinski definition) is 4. The molecule has 0 aliphatic carbocycles. The molecule has 0 bridgehead atoms. The molecule has 0 unspecified atom stereocenters. The Hall–Kier alpha value is -0.730. The average Bonchev–Trinajstić information content (AvgIpc) is 2.66.